The first kappa shape index (κ1) is 12.9. The molecule has 1 fully saturated rings. The fourth-order valence-corrected chi connectivity index (χ4v) is 2.35. The monoisotopic (exact) mass is 249 g/mol. The molecule has 1 aromatic rings. The van der Waals surface area contributed by atoms with Gasteiger partial charge in [0.05, 0.1) is 12.2 Å². The van der Waals surface area contributed by atoms with Crippen LogP contribution in [0.2, 0.25) is 0 Å². The largest absolute Gasteiger partial charge is 0.494 e. The van der Waals surface area contributed by atoms with Crippen molar-refractivity contribution in [3.63, 3.8) is 0 Å². The van der Waals surface area contributed by atoms with E-state index in [1.165, 1.54) is 19.4 Å². The van der Waals surface area contributed by atoms with Gasteiger partial charge in [-0.25, -0.2) is 4.79 Å². The Bertz CT molecular complexity index is 402. The highest BCUT2D eigenvalue weighted by molar-refractivity contribution is 5.87. The summed E-state index contributed by atoms with van der Waals surface area (Å²) in [6.07, 6.45) is 3.55. The number of carbonyl (C=O) groups is 1. The van der Waals surface area contributed by atoms with E-state index in [1.54, 1.807) is 24.3 Å². The minimum absolute atomic E-state index is 0.290. The van der Waals surface area contributed by atoms with Gasteiger partial charge in [0.25, 0.3) is 0 Å². The molecule has 0 aliphatic carbocycles. The number of ether oxygens (including phenoxy) is 1. The van der Waals surface area contributed by atoms with Crippen LogP contribution in [0.3, 0.4) is 0 Å². The Hall–Kier alpha value is -1.55. The van der Waals surface area contributed by atoms with E-state index in [4.69, 9.17) is 9.84 Å². The van der Waals surface area contributed by atoms with Crippen LogP contribution in [-0.2, 0) is 0 Å². The number of likely N-dealkylation sites (tertiary alicyclic amines) is 1. The lowest BCUT2D eigenvalue weighted by Gasteiger charge is -2.19. The first-order valence-electron chi connectivity index (χ1n) is 6.33. The third kappa shape index (κ3) is 3.23. The molecule has 1 aromatic carbocycles. The van der Waals surface area contributed by atoms with E-state index in [9.17, 15) is 4.79 Å². The van der Waals surface area contributed by atoms with Crippen molar-refractivity contribution >= 4 is 5.97 Å². The molecule has 1 atom stereocenters. The van der Waals surface area contributed by atoms with Crippen LogP contribution in [0.4, 0.5) is 0 Å². The summed E-state index contributed by atoms with van der Waals surface area (Å²) in [5, 5.41) is 8.78. The van der Waals surface area contributed by atoms with E-state index < -0.39 is 5.97 Å². The van der Waals surface area contributed by atoms with E-state index >= 15 is 0 Å². The van der Waals surface area contributed by atoms with Gasteiger partial charge in [0.2, 0.25) is 0 Å². The first-order chi connectivity index (χ1) is 8.66. The molecular formula is C14H19NO3. The van der Waals surface area contributed by atoms with Crippen molar-refractivity contribution in [3.8, 4) is 5.75 Å². The predicted molar refractivity (Wildman–Crippen MR) is 69.2 cm³/mol. The minimum atomic E-state index is -0.908. The molecule has 1 unspecified atom stereocenters. The lowest BCUT2D eigenvalue weighted by atomic mass is 10.1. The minimum Gasteiger partial charge on any atom is -0.494 e. The van der Waals surface area contributed by atoms with Crippen LogP contribution in [0.5, 0.6) is 5.75 Å². The number of rotatable bonds is 5. The third-order valence-electron chi connectivity index (χ3n) is 3.49. The Morgan fingerprint density at radius 1 is 1.44 bits per heavy atom. The van der Waals surface area contributed by atoms with E-state index in [0.717, 1.165) is 12.2 Å². The molecule has 0 radical (unpaired) electrons. The molecule has 4 nitrogen and oxygen atoms in total. The van der Waals surface area contributed by atoms with Gasteiger partial charge in [-0.15, -0.1) is 0 Å². The predicted octanol–water partition coefficient (Wildman–Crippen LogP) is 2.25. The summed E-state index contributed by atoms with van der Waals surface area (Å²) in [6.45, 7) is 1.86. The molecule has 1 aliphatic rings. The topological polar surface area (TPSA) is 49.8 Å². The summed E-state index contributed by atoms with van der Waals surface area (Å²) < 4.78 is 5.63. The second-order valence-electron chi connectivity index (χ2n) is 4.74. The maximum atomic E-state index is 10.7. The number of nitrogens with zero attached hydrogens (tertiary/aromatic N) is 1. The lowest BCUT2D eigenvalue weighted by Crippen LogP contribution is -2.26. The van der Waals surface area contributed by atoms with Gasteiger partial charge < -0.3 is 14.7 Å². The summed E-state index contributed by atoms with van der Waals surface area (Å²) in [5.74, 6) is -0.171. The van der Waals surface area contributed by atoms with Gasteiger partial charge in [-0.3, -0.25) is 0 Å². The van der Waals surface area contributed by atoms with E-state index in [1.807, 2.05) is 0 Å². The van der Waals surface area contributed by atoms with Crippen molar-refractivity contribution in [2.24, 2.45) is 0 Å². The first-order valence-corrected chi connectivity index (χ1v) is 6.33. The standard InChI is InChI=1S/C14H19NO3/c1-15-9-2-3-12(15)8-10-18-13-6-4-11(5-7-13)14(16)17/h4-7,12H,2-3,8-10H2,1H3,(H,16,17). The molecule has 0 spiro atoms. The molecule has 0 bridgehead atoms. The Balaban J connectivity index is 1.78. The number of aromatic carboxylic acids is 1. The molecule has 0 amide bonds. The van der Waals surface area contributed by atoms with Gasteiger partial charge in [0.15, 0.2) is 0 Å². The molecule has 4 heteroatoms. The van der Waals surface area contributed by atoms with Gasteiger partial charge in [-0.05, 0) is 57.1 Å². The third-order valence-corrected chi connectivity index (χ3v) is 3.49. The SMILES string of the molecule is CN1CCCC1CCOc1ccc(C(=O)O)cc1. The molecule has 1 N–H and O–H groups in total. The van der Waals surface area contributed by atoms with Crippen molar-refractivity contribution in [1.29, 1.82) is 0 Å². The maximum Gasteiger partial charge on any atom is 0.335 e. The number of carboxylic acid groups (broad SMARTS) is 1. The van der Waals surface area contributed by atoms with Crippen LogP contribution in [0.15, 0.2) is 24.3 Å². The number of benzene rings is 1. The highest BCUT2D eigenvalue weighted by Gasteiger charge is 2.20. The summed E-state index contributed by atoms with van der Waals surface area (Å²) >= 11 is 0. The Kier molecular flexibility index (Phi) is 4.20. The van der Waals surface area contributed by atoms with Crippen LogP contribution in [0, 0.1) is 0 Å². The van der Waals surface area contributed by atoms with Crippen molar-refractivity contribution in [1.82, 2.24) is 4.90 Å². The average Bonchev–Trinajstić information content (AvgIpc) is 2.76. The maximum absolute atomic E-state index is 10.7. The highest BCUT2D eigenvalue weighted by Crippen LogP contribution is 2.19. The van der Waals surface area contributed by atoms with Crippen LogP contribution in [0.1, 0.15) is 29.6 Å². The Labute approximate surface area is 107 Å². The summed E-state index contributed by atoms with van der Waals surface area (Å²) in [5.41, 5.74) is 0.290. The summed E-state index contributed by atoms with van der Waals surface area (Å²) in [7, 11) is 2.15. The fraction of sp³-hybridized carbons (Fsp3) is 0.500. The second-order valence-corrected chi connectivity index (χ2v) is 4.74. The average molecular weight is 249 g/mol. The summed E-state index contributed by atoms with van der Waals surface area (Å²) in [6, 6.07) is 7.19. The van der Waals surface area contributed by atoms with E-state index in [-0.39, 0.29) is 5.56 Å². The van der Waals surface area contributed by atoms with Crippen LogP contribution >= 0.6 is 0 Å². The molecule has 98 valence electrons. The zero-order valence-electron chi connectivity index (χ0n) is 10.6. The zero-order chi connectivity index (χ0) is 13.0. The zero-order valence-corrected chi connectivity index (χ0v) is 10.6. The number of carboxylic acids is 1. The molecule has 0 saturated carbocycles. The lowest BCUT2D eigenvalue weighted by molar-refractivity contribution is 0.0697. The van der Waals surface area contributed by atoms with Crippen molar-refractivity contribution < 1.29 is 14.6 Å². The van der Waals surface area contributed by atoms with E-state index in [0.29, 0.717) is 12.6 Å². The van der Waals surface area contributed by atoms with Gasteiger partial charge in [-0.2, -0.15) is 0 Å². The fourth-order valence-electron chi connectivity index (χ4n) is 2.35. The van der Waals surface area contributed by atoms with Crippen LogP contribution in [0.25, 0.3) is 0 Å². The van der Waals surface area contributed by atoms with E-state index in [2.05, 4.69) is 11.9 Å². The van der Waals surface area contributed by atoms with Crippen LogP contribution in [-0.4, -0.2) is 42.2 Å². The second kappa shape index (κ2) is 5.87. The molecular weight excluding hydrogens is 230 g/mol. The smallest absolute Gasteiger partial charge is 0.335 e. The Morgan fingerprint density at radius 3 is 2.72 bits per heavy atom. The normalized spacial score (nSPS) is 19.9. The molecule has 18 heavy (non-hydrogen) atoms. The Morgan fingerprint density at radius 2 is 2.17 bits per heavy atom. The van der Waals surface area contributed by atoms with Gasteiger partial charge >= 0.3 is 5.97 Å². The highest BCUT2D eigenvalue weighted by atomic mass is 16.5. The molecule has 2 rings (SSSR count). The molecule has 1 saturated heterocycles. The molecule has 1 heterocycles. The van der Waals surface area contributed by atoms with Gasteiger partial charge in [0, 0.05) is 6.04 Å². The van der Waals surface area contributed by atoms with Crippen molar-refractivity contribution in [2.45, 2.75) is 25.3 Å². The van der Waals surface area contributed by atoms with Gasteiger partial charge in [0.1, 0.15) is 5.75 Å². The van der Waals surface area contributed by atoms with Gasteiger partial charge in [-0.1, -0.05) is 0 Å². The molecule has 0 aromatic heterocycles. The van der Waals surface area contributed by atoms with Crippen LogP contribution < -0.4 is 4.74 Å². The van der Waals surface area contributed by atoms with Crippen molar-refractivity contribution in [2.75, 3.05) is 20.2 Å². The quantitative estimate of drug-likeness (QED) is 0.869. The number of hydrogen-bond acceptors (Lipinski definition) is 3. The molecule has 1 aliphatic heterocycles. The summed E-state index contributed by atoms with van der Waals surface area (Å²) in [4.78, 5) is 13.1. The number of hydrogen-bond donors (Lipinski definition) is 1. The van der Waals surface area contributed by atoms with Crippen molar-refractivity contribution in [3.05, 3.63) is 29.8 Å².